The monoisotopic (exact) mass is 489 g/mol. The summed E-state index contributed by atoms with van der Waals surface area (Å²) in [7, 11) is 0. The first-order valence-electron chi connectivity index (χ1n) is 12.1. The van der Waals surface area contributed by atoms with Crippen molar-refractivity contribution in [2.24, 2.45) is 0 Å². The number of nitrogens with zero attached hydrogens (tertiary/aromatic N) is 3. The molecule has 1 saturated heterocycles. The second kappa shape index (κ2) is 9.35. The highest BCUT2D eigenvalue weighted by Crippen LogP contribution is 2.34. The molecule has 0 radical (unpaired) electrons. The molecule has 186 valence electrons. The van der Waals surface area contributed by atoms with Crippen LogP contribution in [0.15, 0.2) is 53.3 Å². The van der Waals surface area contributed by atoms with Gasteiger partial charge < -0.3 is 15.6 Å². The van der Waals surface area contributed by atoms with Crippen LogP contribution in [-0.4, -0.2) is 47.1 Å². The molecule has 2 aromatic carbocycles. The maximum atomic E-state index is 14.9. The fraction of sp³-hybridized carbons (Fsp3) is 0.286. The molecule has 5 rings (SSSR count). The molecule has 0 aliphatic carbocycles. The van der Waals surface area contributed by atoms with E-state index in [1.807, 2.05) is 24.3 Å². The highest BCUT2D eigenvalue weighted by atomic mass is 19.1. The third-order valence-electron chi connectivity index (χ3n) is 7.04. The van der Waals surface area contributed by atoms with Gasteiger partial charge in [-0.25, -0.2) is 9.37 Å². The number of pyridine rings is 2. The molecule has 0 bridgehead atoms. The van der Waals surface area contributed by atoms with Crippen molar-refractivity contribution in [2.45, 2.75) is 26.8 Å². The van der Waals surface area contributed by atoms with Gasteiger partial charge in [0.1, 0.15) is 11.6 Å². The minimum Gasteiger partial charge on any atom is -0.383 e. The van der Waals surface area contributed by atoms with E-state index in [9.17, 15) is 13.6 Å². The van der Waals surface area contributed by atoms with Gasteiger partial charge in [-0.05, 0) is 62.2 Å². The molecule has 0 spiro atoms. The van der Waals surface area contributed by atoms with Crippen molar-refractivity contribution in [1.82, 2.24) is 14.9 Å². The highest BCUT2D eigenvalue weighted by Gasteiger charge is 2.20. The molecule has 1 fully saturated rings. The Bertz CT molecular complexity index is 1490. The molecule has 0 saturated carbocycles. The Morgan fingerprint density at radius 1 is 0.917 bits per heavy atom. The summed E-state index contributed by atoms with van der Waals surface area (Å²) in [6.07, 6.45) is 0. The van der Waals surface area contributed by atoms with Crippen LogP contribution < -0.4 is 16.2 Å². The number of anilines is 2. The van der Waals surface area contributed by atoms with Gasteiger partial charge in [0.15, 0.2) is 0 Å². The van der Waals surface area contributed by atoms with Gasteiger partial charge in [-0.3, -0.25) is 9.69 Å². The van der Waals surface area contributed by atoms with Crippen molar-refractivity contribution in [3.8, 4) is 22.3 Å². The van der Waals surface area contributed by atoms with Crippen LogP contribution in [0, 0.1) is 18.7 Å². The second-order valence-electron chi connectivity index (χ2n) is 9.58. The summed E-state index contributed by atoms with van der Waals surface area (Å²) >= 11 is 0. The quantitative estimate of drug-likeness (QED) is 0.397. The van der Waals surface area contributed by atoms with Crippen LogP contribution >= 0.6 is 0 Å². The minimum absolute atomic E-state index is 0.00258. The summed E-state index contributed by atoms with van der Waals surface area (Å²) in [5, 5.41) is 0.418. The van der Waals surface area contributed by atoms with Crippen LogP contribution in [0.4, 0.5) is 20.3 Å². The first kappa shape index (κ1) is 23.9. The third-order valence-corrected chi connectivity index (χ3v) is 7.04. The standard InChI is InChI=1S/C28H29F2N5O/c1-16(2)34-10-12-35(13-11-34)20-7-4-18(5-8-20)22-15-23(27(31)33-26(22)30)19-6-9-21-24(14-19)25(29)17(3)32-28(21)36/h4-9,14-16H,10-13H2,1-3H3,(H2,31,33)(H,32,36). The lowest BCUT2D eigenvalue weighted by Crippen LogP contribution is -2.48. The lowest BCUT2D eigenvalue weighted by atomic mass is 9.98. The number of nitrogens with two attached hydrogens (primary N) is 1. The predicted molar refractivity (Wildman–Crippen MR) is 141 cm³/mol. The van der Waals surface area contributed by atoms with Gasteiger partial charge >= 0.3 is 0 Å². The van der Waals surface area contributed by atoms with Crippen molar-refractivity contribution in [1.29, 1.82) is 0 Å². The lowest BCUT2D eigenvalue weighted by Gasteiger charge is -2.38. The Hall–Kier alpha value is -3.78. The topological polar surface area (TPSA) is 78.2 Å². The number of aromatic nitrogens is 2. The summed E-state index contributed by atoms with van der Waals surface area (Å²) in [6, 6.07) is 14.7. The van der Waals surface area contributed by atoms with Gasteiger partial charge in [0.2, 0.25) is 5.95 Å². The summed E-state index contributed by atoms with van der Waals surface area (Å²) in [5.74, 6) is -1.18. The first-order chi connectivity index (χ1) is 17.2. The van der Waals surface area contributed by atoms with E-state index in [0.717, 1.165) is 31.9 Å². The van der Waals surface area contributed by atoms with Crippen molar-refractivity contribution in [3.63, 3.8) is 0 Å². The molecule has 2 aromatic heterocycles. The summed E-state index contributed by atoms with van der Waals surface area (Å²) in [4.78, 5) is 23.4. The number of nitrogen functional groups attached to an aromatic ring is 1. The van der Waals surface area contributed by atoms with E-state index in [2.05, 4.69) is 33.6 Å². The van der Waals surface area contributed by atoms with E-state index in [1.165, 1.54) is 6.92 Å². The van der Waals surface area contributed by atoms with Gasteiger partial charge in [0, 0.05) is 59.8 Å². The molecule has 8 heteroatoms. The van der Waals surface area contributed by atoms with Gasteiger partial charge in [-0.15, -0.1) is 0 Å². The number of rotatable bonds is 4. The number of benzene rings is 2. The first-order valence-corrected chi connectivity index (χ1v) is 12.1. The maximum absolute atomic E-state index is 14.9. The Morgan fingerprint density at radius 3 is 2.25 bits per heavy atom. The van der Waals surface area contributed by atoms with Crippen LogP contribution in [0.5, 0.6) is 0 Å². The number of halogens is 2. The Labute approximate surface area is 208 Å². The third kappa shape index (κ3) is 4.33. The summed E-state index contributed by atoms with van der Waals surface area (Å²) < 4.78 is 29.7. The number of piperazine rings is 1. The number of aryl methyl sites for hydroxylation is 1. The molecular weight excluding hydrogens is 460 g/mol. The van der Waals surface area contributed by atoms with Gasteiger partial charge in [-0.2, -0.15) is 4.39 Å². The molecule has 0 unspecified atom stereocenters. The molecule has 4 aromatic rings. The zero-order valence-electron chi connectivity index (χ0n) is 20.6. The molecular formula is C28H29F2N5O. The molecule has 6 nitrogen and oxygen atoms in total. The van der Waals surface area contributed by atoms with Crippen molar-refractivity contribution in [2.75, 3.05) is 36.8 Å². The minimum atomic E-state index is -0.672. The van der Waals surface area contributed by atoms with E-state index in [4.69, 9.17) is 5.73 Å². The van der Waals surface area contributed by atoms with E-state index < -0.39 is 11.8 Å². The zero-order chi connectivity index (χ0) is 25.6. The van der Waals surface area contributed by atoms with Crippen LogP contribution in [0.3, 0.4) is 0 Å². The van der Waals surface area contributed by atoms with Crippen molar-refractivity contribution < 1.29 is 8.78 Å². The molecule has 1 aliphatic rings. The fourth-order valence-electron chi connectivity index (χ4n) is 4.87. The molecule has 1 aliphatic heterocycles. The second-order valence-corrected chi connectivity index (χ2v) is 9.58. The molecule has 36 heavy (non-hydrogen) atoms. The average molecular weight is 490 g/mol. The number of nitrogens with one attached hydrogen (secondary N) is 1. The highest BCUT2D eigenvalue weighted by molar-refractivity contribution is 5.90. The van der Waals surface area contributed by atoms with Crippen molar-refractivity contribution in [3.05, 3.63) is 76.3 Å². The van der Waals surface area contributed by atoms with E-state index >= 15 is 0 Å². The Kier molecular flexibility index (Phi) is 6.22. The van der Waals surface area contributed by atoms with Crippen LogP contribution in [-0.2, 0) is 0 Å². The van der Waals surface area contributed by atoms with Gasteiger partial charge in [0.05, 0.1) is 5.69 Å². The van der Waals surface area contributed by atoms with Gasteiger partial charge in [0.25, 0.3) is 5.56 Å². The maximum Gasteiger partial charge on any atom is 0.256 e. The van der Waals surface area contributed by atoms with Crippen LogP contribution in [0.2, 0.25) is 0 Å². The molecule has 3 heterocycles. The van der Waals surface area contributed by atoms with Crippen molar-refractivity contribution >= 4 is 22.3 Å². The number of fused-ring (bicyclic) bond motifs is 1. The summed E-state index contributed by atoms with van der Waals surface area (Å²) in [5.41, 5.74) is 8.95. The lowest BCUT2D eigenvalue weighted by molar-refractivity contribution is 0.209. The number of H-pyrrole nitrogens is 1. The summed E-state index contributed by atoms with van der Waals surface area (Å²) in [6.45, 7) is 9.84. The van der Waals surface area contributed by atoms with E-state index in [-0.39, 0.29) is 27.8 Å². The predicted octanol–water partition coefficient (Wildman–Crippen LogP) is 4.96. The average Bonchev–Trinajstić information content (AvgIpc) is 2.87. The smallest absolute Gasteiger partial charge is 0.256 e. The Morgan fingerprint density at radius 2 is 1.58 bits per heavy atom. The Balaban J connectivity index is 1.48. The fourth-order valence-corrected chi connectivity index (χ4v) is 4.87. The van der Waals surface area contributed by atoms with Gasteiger partial charge in [-0.1, -0.05) is 18.2 Å². The number of hydrogen-bond donors (Lipinski definition) is 2. The normalized spacial score (nSPS) is 14.7. The SMILES string of the molecule is Cc1[nH]c(=O)c2ccc(-c3cc(-c4ccc(N5CCN(C(C)C)CC5)cc4)c(F)nc3N)cc2c1F. The molecule has 0 amide bonds. The number of aromatic amines is 1. The zero-order valence-corrected chi connectivity index (χ0v) is 20.6. The molecule has 3 N–H and O–H groups in total. The van der Waals surface area contributed by atoms with E-state index in [0.29, 0.717) is 28.3 Å². The van der Waals surface area contributed by atoms with Crippen LogP contribution in [0.25, 0.3) is 33.0 Å². The largest absolute Gasteiger partial charge is 0.383 e. The van der Waals surface area contributed by atoms with Crippen LogP contribution in [0.1, 0.15) is 19.5 Å². The number of hydrogen-bond acceptors (Lipinski definition) is 5. The molecule has 0 atom stereocenters. The van der Waals surface area contributed by atoms with E-state index in [1.54, 1.807) is 24.3 Å².